The van der Waals surface area contributed by atoms with Gasteiger partial charge in [-0.2, -0.15) is 0 Å². The third-order valence-electron chi connectivity index (χ3n) is 2.35. The summed E-state index contributed by atoms with van der Waals surface area (Å²) in [5, 5.41) is -0.164. The van der Waals surface area contributed by atoms with Crippen LogP contribution in [0.15, 0.2) is 29.2 Å². The lowest BCUT2D eigenvalue weighted by Gasteiger charge is -2.12. The normalized spacial score (nSPS) is 14.4. The van der Waals surface area contributed by atoms with Crippen LogP contribution < -0.4 is 11.5 Å². The summed E-state index contributed by atoms with van der Waals surface area (Å²) in [5.74, 6) is -0.265. The van der Waals surface area contributed by atoms with Gasteiger partial charge in [-0.1, -0.05) is 19.1 Å². The van der Waals surface area contributed by atoms with Gasteiger partial charge in [0.25, 0.3) is 0 Å². The molecule has 0 aromatic heterocycles. The number of rotatable bonds is 5. The van der Waals surface area contributed by atoms with Crippen molar-refractivity contribution in [3.05, 3.63) is 29.8 Å². The van der Waals surface area contributed by atoms with Gasteiger partial charge in [-0.05, 0) is 31.0 Å². The van der Waals surface area contributed by atoms with Gasteiger partial charge in [0.05, 0.1) is 5.25 Å². The van der Waals surface area contributed by atoms with Crippen LogP contribution in [0.4, 0.5) is 0 Å². The van der Waals surface area contributed by atoms with Crippen molar-refractivity contribution in [2.24, 2.45) is 11.5 Å². The Morgan fingerprint density at radius 3 is 2.69 bits per heavy atom. The Hall–Kier alpha value is -1.00. The van der Waals surface area contributed by atoms with E-state index >= 15 is 0 Å². The van der Waals surface area contributed by atoms with Crippen LogP contribution in [-0.4, -0.2) is 11.2 Å². The van der Waals surface area contributed by atoms with Gasteiger partial charge in [-0.3, -0.25) is 4.79 Å². The molecule has 16 heavy (non-hydrogen) atoms. The van der Waals surface area contributed by atoms with Gasteiger partial charge in [0.15, 0.2) is 0 Å². The average molecular weight is 238 g/mol. The SMILES string of the molecule is CCC(Sc1cccc(C(C)N)c1)C(N)=O. The van der Waals surface area contributed by atoms with E-state index in [1.165, 1.54) is 11.8 Å². The molecule has 0 spiro atoms. The van der Waals surface area contributed by atoms with E-state index in [0.717, 1.165) is 16.9 Å². The first-order valence-corrected chi connectivity index (χ1v) is 6.24. The number of hydrogen-bond donors (Lipinski definition) is 2. The molecule has 0 aliphatic rings. The number of thioether (sulfide) groups is 1. The van der Waals surface area contributed by atoms with Crippen LogP contribution >= 0.6 is 11.8 Å². The van der Waals surface area contributed by atoms with Gasteiger partial charge in [-0.15, -0.1) is 11.8 Å². The summed E-state index contributed by atoms with van der Waals surface area (Å²) in [6.07, 6.45) is 0.738. The third-order valence-corrected chi connectivity index (χ3v) is 3.73. The Morgan fingerprint density at radius 2 is 2.19 bits per heavy atom. The second-order valence-corrected chi connectivity index (χ2v) is 5.05. The summed E-state index contributed by atoms with van der Waals surface area (Å²) in [7, 11) is 0. The minimum atomic E-state index is -0.265. The standard InChI is InChI=1S/C12H18N2OS/c1-3-11(12(14)15)16-10-6-4-5-9(7-10)8(2)13/h4-8,11H,3,13H2,1-2H3,(H2,14,15). The Balaban J connectivity index is 2.80. The van der Waals surface area contributed by atoms with E-state index in [1.54, 1.807) is 0 Å². The van der Waals surface area contributed by atoms with Crippen LogP contribution in [0.5, 0.6) is 0 Å². The van der Waals surface area contributed by atoms with Gasteiger partial charge < -0.3 is 11.5 Å². The number of primary amides is 1. The van der Waals surface area contributed by atoms with E-state index < -0.39 is 0 Å². The Labute approximate surface area is 101 Å². The fourth-order valence-electron chi connectivity index (χ4n) is 1.38. The first kappa shape index (κ1) is 13.1. The molecule has 0 heterocycles. The van der Waals surface area contributed by atoms with Crippen molar-refractivity contribution in [1.29, 1.82) is 0 Å². The van der Waals surface area contributed by atoms with Crippen molar-refractivity contribution in [2.75, 3.05) is 0 Å². The molecule has 0 fully saturated rings. The Morgan fingerprint density at radius 1 is 1.50 bits per heavy atom. The van der Waals surface area contributed by atoms with Gasteiger partial charge in [0.2, 0.25) is 5.91 Å². The molecule has 3 nitrogen and oxygen atoms in total. The molecule has 0 radical (unpaired) electrons. The molecule has 0 bridgehead atoms. The van der Waals surface area contributed by atoms with Gasteiger partial charge in [0, 0.05) is 10.9 Å². The number of benzene rings is 1. The summed E-state index contributed by atoms with van der Waals surface area (Å²) in [6.45, 7) is 3.90. The molecule has 4 heteroatoms. The smallest absolute Gasteiger partial charge is 0.230 e. The largest absolute Gasteiger partial charge is 0.369 e. The van der Waals surface area contributed by atoms with Crippen molar-refractivity contribution >= 4 is 17.7 Å². The molecule has 0 aliphatic heterocycles. The minimum Gasteiger partial charge on any atom is -0.369 e. The van der Waals surface area contributed by atoms with Gasteiger partial charge in [0.1, 0.15) is 0 Å². The van der Waals surface area contributed by atoms with Crippen molar-refractivity contribution < 1.29 is 4.79 Å². The van der Waals surface area contributed by atoms with E-state index in [-0.39, 0.29) is 17.2 Å². The highest BCUT2D eigenvalue weighted by molar-refractivity contribution is 8.00. The molecule has 1 aromatic carbocycles. The maximum Gasteiger partial charge on any atom is 0.230 e. The second kappa shape index (κ2) is 5.92. The number of carbonyl (C=O) groups excluding carboxylic acids is 1. The lowest BCUT2D eigenvalue weighted by Crippen LogP contribution is -2.24. The van der Waals surface area contributed by atoms with Gasteiger partial charge >= 0.3 is 0 Å². The fourth-order valence-corrected chi connectivity index (χ4v) is 2.35. The molecular formula is C12H18N2OS. The van der Waals surface area contributed by atoms with E-state index in [1.807, 2.05) is 38.1 Å². The zero-order valence-corrected chi connectivity index (χ0v) is 10.5. The summed E-state index contributed by atoms with van der Waals surface area (Å²) < 4.78 is 0. The van der Waals surface area contributed by atoms with Crippen molar-refractivity contribution in [3.63, 3.8) is 0 Å². The Bertz CT molecular complexity index is 366. The van der Waals surface area contributed by atoms with E-state index in [9.17, 15) is 4.79 Å². The van der Waals surface area contributed by atoms with Crippen LogP contribution in [0.25, 0.3) is 0 Å². The molecule has 1 aromatic rings. The zero-order valence-electron chi connectivity index (χ0n) is 9.64. The first-order chi connectivity index (χ1) is 7.54. The molecule has 0 aliphatic carbocycles. The van der Waals surface area contributed by atoms with Crippen LogP contribution in [0, 0.1) is 0 Å². The highest BCUT2D eigenvalue weighted by atomic mass is 32.2. The number of nitrogens with two attached hydrogens (primary N) is 2. The zero-order chi connectivity index (χ0) is 12.1. The maximum absolute atomic E-state index is 11.1. The van der Waals surface area contributed by atoms with E-state index in [0.29, 0.717) is 0 Å². The number of carbonyl (C=O) groups is 1. The van der Waals surface area contributed by atoms with Gasteiger partial charge in [-0.25, -0.2) is 0 Å². The number of amides is 1. The topological polar surface area (TPSA) is 69.1 Å². The molecule has 0 saturated carbocycles. The molecule has 4 N–H and O–H groups in total. The van der Waals surface area contributed by atoms with Crippen molar-refractivity contribution in [1.82, 2.24) is 0 Å². The molecule has 0 saturated heterocycles. The summed E-state index contributed by atoms with van der Waals surface area (Å²) >= 11 is 1.50. The number of hydrogen-bond acceptors (Lipinski definition) is 3. The monoisotopic (exact) mass is 238 g/mol. The average Bonchev–Trinajstić information content (AvgIpc) is 2.25. The highest BCUT2D eigenvalue weighted by Gasteiger charge is 2.14. The van der Waals surface area contributed by atoms with E-state index in [4.69, 9.17) is 11.5 Å². The van der Waals surface area contributed by atoms with Crippen molar-refractivity contribution in [3.8, 4) is 0 Å². The fraction of sp³-hybridized carbons (Fsp3) is 0.417. The molecule has 2 atom stereocenters. The van der Waals surface area contributed by atoms with Crippen LogP contribution in [0.3, 0.4) is 0 Å². The first-order valence-electron chi connectivity index (χ1n) is 5.36. The summed E-state index contributed by atoms with van der Waals surface area (Å²) in [4.78, 5) is 12.2. The second-order valence-electron chi connectivity index (χ2n) is 3.78. The highest BCUT2D eigenvalue weighted by Crippen LogP contribution is 2.27. The summed E-state index contributed by atoms with van der Waals surface area (Å²) in [6, 6.07) is 7.94. The minimum absolute atomic E-state index is 0.00852. The van der Waals surface area contributed by atoms with Crippen LogP contribution in [0.1, 0.15) is 31.9 Å². The van der Waals surface area contributed by atoms with Crippen LogP contribution in [-0.2, 0) is 4.79 Å². The molecule has 88 valence electrons. The van der Waals surface area contributed by atoms with Crippen molar-refractivity contribution in [2.45, 2.75) is 36.5 Å². The predicted octanol–water partition coefficient (Wildman–Crippen LogP) is 2.06. The van der Waals surface area contributed by atoms with Crippen LogP contribution in [0.2, 0.25) is 0 Å². The third kappa shape index (κ3) is 3.54. The quantitative estimate of drug-likeness (QED) is 0.771. The molecular weight excluding hydrogens is 220 g/mol. The molecule has 1 rings (SSSR count). The van der Waals surface area contributed by atoms with E-state index in [2.05, 4.69) is 0 Å². The predicted molar refractivity (Wildman–Crippen MR) is 68.2 cm³/mol. The maximum atomic E-state index is 11.1. The Kier molecular flexibility index (Phi) is 4.83. The lowest BCUT2D eigenvalue weighted by molar-refractivity contribution is -0.117. The summed E-state index contributed by atoms with van der Waals surface area (Å²) in [5.41, 5.74) is 12.2. The molecule has 2 unspecified atom stereocenters. The molecule has 1 amide bonds. The lowest BCUT2D eigenvalue weighted by atomic mass is 10.1.